The molecule has 0 aliphatic heterocycles. The van der Waals surface area contributed by atoms with E-state index < -0.39 is 0 Å². The number of aromatic nitrogens is 3. The minimum Gasteiger partial charge on any atom is -0.369 e. The van der Waals surface area contributed by atoms with Crippen molar-refractivity contribution in [3.63, 3.8) is 0 Å². The Hall–Kier alpha value is -1.95. The Morgan fingerprint density at radius 1 is 1.33 bits per heavy atom. The molecule has 0 amide bonds. The van der Waals surface area contributed by atoms with Gasteiger partial charge < -0.3 is 5.73 Å². The number of rotatable bonds is 2. The zero-order valence-electron chi connectivity index (χ0n) is 11.6. The molecule has 1 atom stereocenters. The monoisotopic (exact) mass is 348 g/mol. The molecule has 2 aromatic heterocycles. The van der Waals surface area contributed by atoms with Crippen molar-refractivity contribution in [3.05, 3.63) is 51.9 Å². The fraction of sp³-hybridized carbons (Fsp3) is 0.200. The third-order valence-electron chi connectivity index (χ3n) is 3.59. The van der Waals surface area contributed by atoms with Gasteiger partial charge in [0.15, 0.2) is 5.65 Å². The number of pyridine rings is 1. The Morgan fingerprint density at radius 2 is 2.10 bits per heavy atom. The number of fused-ring (bicyclic) bond motifs is 1. The average Bonchev–Trinajstić information content (AvgIpc) is 2.76. The zero-order valence-corrected chi connectivity index (χ0v) is 13.2. The molecule has 6 heteroatoms. The van der Waals surface area contributed by atoms with Crippen LogP contribution in [0.25, 0.3) is 11.2 Å². The lowest BCUT2D eigenvalue weighted by Gasteiger charge is -2.16. The van der Waals surface area contributed by atoms with Crippen molar-refractivity contribution in [1.29, 1.82) is 0 Å². The fourth-order valence-corrected chi connectivity index (χ4v) is 2.69. The predicted octanol–water partition coefficient (Wildman–Crippen LogP) is 3.83. The third kappa shape index (κ3) is 2.40. The van der Waals surface area contributed by atoms with E-state index >= 15 is 0 Å². The fourth-order valence-electron chi connectivity index (χ4n) is 2.37. The molecule has 108 valence electrons. The quantitative estimate of drug-likeness (QED) is 0.765. The molecule has 0 aliphatic carbocycles. The smallest absolute Gasteiger partial charge is 0.203 e. The van der Waals surface area contributed by atoms with Crippen molar-refractivity contribution in [2.24, 2.45) is 0 Å². The molecule has 1 aromatic carbocycles. The van der Waals surface area contributed by atoms with E-state index in [0.717, 1.165) is 10.0 Å². The van der Waals surface area contributed by atoms with Crippen molar-refractivity contribution >= 4 is 33.0 Å². The van der Waals surface area contributed by atoms with Gasteiger partial charge >= 0.3 is 0 Å². The molecule has 0 spiro atoms. The average molecular weight is 349 g/mol. The van der Waals surface area contributed by atoms with Gasteiger partial charge in [-0.3, -0.25) is 4.57 Å². The highest BCUT2D eigenvalue weighted by Gasteiger charge is 2.17. The SMILES string of the molecule is Cc1ccc(C(C)n2c(N)nc3cc(Br)cnc32)cc1F. The van der Waals surface area contributed by atoms with E-state index in [9.17, 15) is 4.39 Å². The first-order chi connectivity index (χ1) is 9.97. The summed E-state index contributed by atoms with van der Waals surface area (Å²) in [6, 6.07) is 6.90. The summed E-state index contributed by atoms with van der Waals surface area (Å²) in [7, 11) is 0. The number of benzene rings is 1. The molecule has 0 bridgehead atoms. The molecule has 3 rings (SSSR count). The molecule has 4 nitrogen and oxygen atoms in total. The van der Waals surface area contributed by atoms with Gasteiger partial charge in [-0.15, -0.1) is 0 Å². The van der Waals surface area contributed by atoms with E-state index in [-0.39, 0.29) is 11.9 Å². The normalized spacial score (nSPS) is 12.8. The van der Waals surface area contributed by atoms with E-state index in [1.807, 2.05) is 23.6 Å². The van der Waals surface area contributed by atoms with E-state index in [1.165, 1.54) is 6.07 Å². The molecule has 2 heterocycles. The maximum absolute atomic E-state index is 13.8. The Bertz CT molecular complexity index is 828. The van der Waals surface area contributed by atoms with Gasteiger partial charge in [0, 0.05) is 10.7 Å². The Labute approximate surface area is 129 Å². The maximum Gasteiger partial charge on any atom is 0.203 e. The van der Waals surface area contributed by atoms with Crippen LogP contribution in [0.2, 0.25) is 0 Å². The highest BCUT2D eigenvalue weighted by molar-refractivity contribution is 9.10. The van der Waals surface area contributed by atoms with Crippen molar-refractivity contribution in [1.82, 2.24) is 14.5 Å². The summed E-state index contributed by atoms with van der Waals surface area (Å²) in [6.07, 6.45) is 1.70. The van der Waals surface area contributed by atoms with Crippen LogP contribution in [0.1, 0.15) is 24.1 Å². The van der Waals surface area contributed by atoms with Crippen molar-refractivity contribution in [3.8, 4) is 0 Å². The number of nitrogens with two attached hydrogens (primary N) is 1. The van der Waals surface area contributed by atoms with E-state index in [4.69, 9.17) is 5.73 Å². The highest BCUT2D eigenvalue weighted by atomic mass is 79.9. The van der Waals surface area contributed by atoms with Crippen LogP contribution >= 0.6 is 15.9 Å². The summed E-state index contributed by atoms with van der Waals surface area (Å²) < 4.78 is 16.4. The van der Waals surface area contributed by atoms with Crippen molar-refractivity contribution in [2.75, 3.05) is 5.73 Å². The largest absolute Gasteiger partial charge is 0.369 e. The van der Waals surface area contributed by atoms with Crippen LogP contribution < -0.4 is 5.73 Å². The molecule has 1 unspecified atom stereocenters. The molecule has 2 N–H and O–H groups in total. The molecule has 0 fully saturated rings. The Morgan fingerprint density at radius 3 is 2.81 bits per heavy atom. The van der Waals surface area contributed by atoms with Gasteiger partial charge in [-0.25, -0.2) is 14.4 Å². The van der Waals surface area contributed by atoms with E-state index in [0.29, 0.717) is 22.7 Å². The second-order valence-corrected chi connectivity index (χ2v) is 5.94. The summed E-state index contributed by atoms with van der Waals surface area (Å²) in [5, 5.41) is 0. The molecule has 0 aliphatic rings. The van der Waals surface area contributed by atoms with E-state index in [1.54, 1.807) is 19.2 Å². The van der Waals surface area contributed by atoms with Gasteiger partial charge in [-0.2, -0.15) is 0 Å². The van der Waals surface area contributed by atoms with Gasteiger partial charge in [0.05, 0.1) is 6.04 Å². The lowest BCUT2D eigenvalue weighted by molar-refractivity contribution is 0.603. The van der Waals surface area contributed by atoms with Crippen LogP contribution in [0.4, 0.5) is 10.3 Å². The molecular weight excluding hydrogens is 335 g/mol. The third-order valence-corrected chi connectivity index (χ3v) is 4.02. The number of nitrogens with zero attached hydrogens (tertiary/aromatic N) is 3. The first-order valence-electron chi connectivity index (χ1n) is 6.52. The topological polar surface area (TPSA) is 56.7 Å². The summed E-state index contributed by atoms with van der Waals surface area (Å²) in [4.78, 5) is 8.68. The molecule has 0 radical (unpaired) electrons. The van der Waals surface area contributed by atoms with Crippen LogP contribution in [-0.2, 0) is 0 Å². The lowest BCUT2D eigenvalue weighted by atomic mass is 10.1. The van der Waals surface area contributed by atoms with Crippen molar-refractivity contribution < 1.29 is 4.39 Å². The minimum atomic E-state index is -0.224. The van der Waals surface area contributed by atoms with E-state index in [2.05, 4.69) is 25.9 Å². The van der Waals surface area contributed by atoms with Crippen LogP contribution in [-0.4, -0.2) is 14.5 Å². The van der Waals surface area contributed by atoms with Gasteiger partial charge in [-0.1, -0.05) is 12.1 Å². The van der Waals surface area contributed by atoms with Crippen molar-refractivity contribution in [2.45, 2.75) is 19.9 Å². The lowest BCUT2D eigenvalue weighted by Crippen LogP contribution is -2.11. The molecule has 0 saturated heterocycles. The predicted molar refractivity (Wildman–Crippen MR) is 84.6 cm³/mol. The summed E-state index contributed by atoms with van der Waals surface area (Å²) >= 11 is 3.36. The summed E-state index contributed by atoms with van der Waals surface area (Å²) in [5.74, 6) is 0.141. The van der Waals surface area contributed by atoms with Gasteiger partial charge in [0.25, 0.3) is 0 Å². The Kier molecular flexibility index (Phi) is 3.41. The molecule has 21 heavy (non-hydrogen) atoms. The zero-order chi connectivity index (χ0) is 15.1. The second kappa shape index (κ2) is 5.11. The van der Waals surface area contributed by atoms with Crippen LogP contribution in [0, 0.1) is 12.7 Å². The van der Waals surface area contributed by atoms with Crippen LogP contribution in [0.5, 0.6) is 0 Å². The number of nitrogen functional groups attached to an aromatic ring is 1. The van der Waals surface area contributed by atoms with Gasteiger partial charge in [0.2, 0.25) is 5.95 Å². The summed E-state index contributed by atoms with van der Waals surface area (Å²) in [5.41, 5.74) is 8.86. The number of anilines is 1. The molecular formula is C15H14BrFN4. The first-order valence-corrected chi connectivity index (χ1v) is 7.31. The van der Waals surface area contributed by atoms with Gasteiger partial charge in [0.1, 0.15) is 11.3 Å². The Balaban J connectivity index is 2.14. The number of halogens is 2. The second-order valence-electron chi connectivity index (χ2n) is 5.02. The van der Waals surface area contributed by atoms with Gasteiger partial charge in [-0.05, 0) is 53.0 Å². The number of imidazole rings is 1. The number of hydrogen-bond donors (Lipinski definition) is 1. The number of hydrogen-bond acceptors (Lipinski definition) is 3. The maximum atomic E-state index is 13.8. The summed E-state index contributed by atoms with van der Waals surface area (Å²) in [6.45, 7) is 3.69. The minimum absolute atomic E-state index is 0.154. The first kappa shape index (κ1) is 14.0. The molecule has 3 aromatic rings. The van der Waals surface area contributed by atoms with Crippen LogP contribution in [0.15, 0.2) is 34.9 Å². The highest BCUT2D eigenvalue weighted by Crippen LogP contribution is 2.28. The molecule has 0 saturated carbocycles. The standard InChI is InChI=1S/C15H14BrFN4/c1-8-3-4-10(5-12(8)17)9(2)21-14-13(20-15(21)18)6-11(16)7-19-14/h3-7,9H,1-2H3,(H2,18,20). The van der Waals surface area contributed by atoms with Crippen LogP contribution in [0.3, 0.4) is 0 Å². The number of aryl methyl sites for hydroxylation is 1.